The average molecular weight is 530 g/mol. The molecular formula is C29H39NO8. The maximum atomic E-state index is 12.0. The van der Waals surface area contributed by atoms with Crippen LogP contribution in [0.25, 0.3) is 0 Å². The highest BCUT2D eigenvalue weighted by Crippen LogP contribution is 2.30. The fourth-order valence-electron chi connectivity index (χ4n) is 4.00. The van der Waals surface area contributed by atoms with Gasteiger partial charge < -0.3 is 29.3 Å². The molecular weight excluding hydrogens is 490 g/mol. The molecule has 7 atom stereocenters. The van der Waals surface area contributed by atoms with Crippen LogP contribution in [0.15, 0.2) is 65.8 Å². The highest BCUT2D eigenvalue weighted by atomic mass is 16.7. The Morgan fingerprint density at radius 1 is 1.03 bits per heavy atom. The summed E-state index contributed by atoms with van der Waals surface area (Å²) in [6.07, 6.45) is -0.151. The molecule has 1 saturated heterocycles. The first kappa shape index (κ1) is 31.0. The van der Waals surface area contributed by atoms with E-state index in [2.05, 4.69) is 9.99 Å². The number of benzene rings is 2. The van der Waals surface area contributed by atoms with Gasteiger partial charge in [0.25, 0.3) is 0 Å². The molecule has 38 heavy (non-hydrogen) atoms. The lowest BCUT2D eigenvalue weighted by Crippen LogP contribution is -2.34. The summed E-state index contributed by atoms with van der Waals surface area (Å²) in [6, 6.07) is 17.5. The number of aliphatic hydroxyl groups excluding tert-OH is 2. The Kier molecular flexibility index (Phi) is 12.9. The van der Waals surface area contributed by atoms with E-state index in [4.69, 9.17) is 14.2 Å². The van der Waals surface area contributed by atoms with Crippen LogP contribution in [-0.4, -0.2) is 66.2 Å². The van der Waals surface area contributed by atoms with Gasteiger partial charge in [0, 0.05) is 11.8 Å². The molecule has 0 radical (unpaired) electrons. The molecule has 1 aliphatic rings. The summed E-state index contributed by atoms with van der Waals surface area (Å²) >= 11 is 0. The van der Waals surface area contributed by atoms with Crippen molar-refractivity contribution in [2.24, 2.45) is 17.0 Å². The Morgan fingerprint density at radius 2 is 1.58 bits per heavy atom. The van der Waals surface area contributed by atoms with Crippen molar-refractivity contribution in [1.29, 1.82) is 0 Å². The van der Waals surface area contributed by atoms with Gasteiger partial charge in [0.2, 0.25) is 0 Å². The number of carbonyl (C=O) groups is 2. The topological polar surface area (TPSA) is 124 Å². The van der Waals surface area contributed by atoms with Crippen molar-refractivity contribution >= 4 is 18.2 Å². The van der Waals surface area contributed by atoms with E-state index < -0.39 is 36.5 Å². The Hall–Kier alpha value is -3.27. The van der Waals surface area contributed by atoms with Gasteiger partial charge in [-0.25, -0.2) is 9.59 Å². The first-order chi connectivity index (χ1) is 18.2. The van der Waals surface area contributed by atoms with E-state index in [1.54, 1.807) is 55.5 Å². The predicted molar refractivity (Wildman–Crippen MR) is 143 cm³/mol. The van der Waals surface area contributed by atoms with E-state index in [0.29, 0.717) is 17.5 Å². The van der Waals surface area contributed by atoms with Gasteiger partial charge in [-0.2, -0.15) is 0 Å². The molecule has 9 nitrogen and oxygen atoms in total. The first-order valence-corrected chi connectivity index (χ1v) is 12.8. The van der Waals surface area contributed by atoms with Crippen LogP contribution in [0.1, 0.15) is 61.3 Å². The molecule has 3 rings (SSSR count). The molecule has 0 saturated carbocycles. The second kappa shape index (κ2) is 15.9. The van der Waals surface area contributed by atoms with Crippen molar-refractivity contribution in [3.8, 4) is 0 Å². The summed E-state index contributed by atoms with van der Waals surface area (Å²) in [7, 11) is 1.41. The largest absolute Gasteiger partial charge is 0.453 e. The summed E-state index contributed by atoms with van der Waals surface area (Å²) in [6.45, 7) is 7.58. The normalized spacial score (nSPS) is 23.0. The molecule has 0 aromatic heterocycles. The number of esters is 2. The summed E-state index contributed by atoms with van der Waals surface area (Å²) < 4.78 is 16.1. The van der Waals surface area contributed by atoms with Crippen LogP contribution in [-0.2, 0) is 19.0 Å². The van der Waals surface area contributed by atoms with E-state index in [-0.39, 0.29) is 17.9 Å². The molecule has 2 N–H and O–H groups in total. The standard InChI is InChI=1S/C15H21NO4.C14H18O4/c1-4-13(17)11(2)14(10-16-19-3)20-15(18)12-8-6-5-7-9-12;1-3-11-9(2)12(14(16)17-11)18-13(15)10-7-5-4-6-8-10/h5-11,13-14,17H,4H2,1-3H3;4-9,11-12,14,16H,3H2,1-2H3/t11-,13+,14+;9-,11+,12-,14?/m11/s1. The predicted octanol–water partition coefficient (Wildman–Crippen LogP) is 4.23. The van der Waals surface area contributed by atoms with Gasteiger partial charge in [-0.3, -0.25) is 0 Å². The third-order valence-corrected chi connectivity index (χ3v) is 6.46. The van der Waals surface area contributed by atoms with Gasteiger partial charge in [-0.05, 0) is 37.1 Å². The number of oxime groups is 1. The minimum atomic E-state index is -1.03. The van der Waals surface area contributed by atoms with Crippen molar-refractivity contribution in [1.82, 2.24) is 0 Å². The van der Waals surface area contributed by atoms with Crippen LogP contribution in [0.2, 0.25) is 0 Å². The van der Waals surface area contributed by atoms with E-state index in [9.17, 15) is 19.8 Å². The molecule has 1 fully saturated rings. The Morgan fingerprint density at radius 3 is 2.05 bits per heavy atom. The molecule has 1 unspecified atom stereocenters. The van der Waals surface area contributed by atoms with Crippen LogP contribution in [0, 0.1) is 11.8 Å². The molecule has 208 valence electrons. The Bertz CT molecular complexity index is 1000. The van der Waals surface area contributed by atoms with Gasteiger partial charge >= 0.3 is 11.9 Å². The number of hydrogen-bond acceptors (Lipinski definition) is 9. The maximum absolute atomic E-state index is 12.0. The molecule has 1 heterocycles. The van der Waals surface area contributed by atoms with Gasteiger partial charge in [-0.15, -0.1) is 0 Å². The van der Waals surface area contributed by atoms with Gasteiger partial charge in [0.05, 0.1) is 29.5 Å². The van der Waals surface area contributed by atoms with Crippen molar-refractivity contribution in [3.05, 3.63) is 71.8 Å². The van der Waals surface area contributed by atoms with E-state index in [1.807, 2.05) is 32.9 Å². The van der Waals surface area contributed by atoms with E-state index >= 15 is 0 Å². The SMILES string of the molecule is CC[C@@H]1OC(O)[C@H](OC(=O)c2ccccc2)[C@@H]1C.CC[C@H](O)[C@@H](C)[C@H](C=NOC)OC(=O)c1ccccc1. The van der Waals surface area contributed by atoms with Crippen molar-refractivity contribution in [2.75, 3.05) is 7.11 Å². The minimum Gasteiger partial charge on any atom is -0.453 e. The second-order valence-electron chi connectivity index (χ2n) is 9.08. The highest BCUT2D eigenvalue weighted by Gasteiger charge is 2.42. The maximum Gasteiger partial charge on any atom is 0.338 e. The zero-order valence-corrected chi connectivity index (χ0v) is 22.6. The number of nitrogens with zero attached hydrogens (tertiary/aromatic N) is 1. The van der Waals surface area contributed by atoms with Crippen molar-refractivity contribution in [3.63, 3.8) is 0 Å². The number of rotatable bonds is 10. The van der Waals surface area contributed by atoms with Gasteiger partial charge in [0.1, 0.15) is 13.2 Å². The summed E-state index contributed by atoms with van der Waals surface area (Å²) in [4.78, 5) is 28.5. The molecule has 0 amide bonds. The van der Waals surface area contributed by atoms with Gasteiger partial charge in [-0.1, -0.05) is 69.2 Å². The van der Waals surface area contributed by atoms with Crippen LogP contribution in [0.4, 0.5) is 0 Å². The summed E-state index contributed by atoms with van der Waals surface area (Å²) in [5, 5.41) is 23.3. The third-order valence-electron chi connectivity index (χ3n) is 6.46. The molecule has 2 aromatic rings. The smallest absolute Gasteiger partial charge is 0.338 e. The van der Waals surface area contributed by atoms with Crippen LogP contribution >= 0.6 is 0 Å². The molecule has 1 aliphatic heterocycles. The second-order valence-corrected chi connectivity index (χ2v) is 9.08. The number of ether oxygens (including phenoxy) is 3. The molecule has 0 spiro atoms. The lowest BCUT2D eigenvalue weighted by atomic mass is 9.97. The summed E-state index contributed by atoms with van der Waals surface area (Å²) in [5.74, 6) is -1.15. The molecule has 0 bridgehead atoms. The molecule has 0 aliphatic carbocycles. The summed E-state index contributed by atoms with van der Waals surface area (Å²) in [5.41, 5.74) is 0.943. The quantitative estimate of drug-likeness (QED) is 0.266. The lowest BCUT2D eigenvalue weighted by Gasteiger charge is -2.24. The van der Waals surface area contributed by atoms with E-state index in [0.717, 1.165) is 6.42 Å². The minimum absolute atomic E-state index is 0.00216. The number of hydrogen-bond donors (Lipinski definition) is 2. The highest BCUT2D eigenvalue weighted by molar-refractivity contribution is 5.90. The van der Waals surface area contributed by atoms with Crippen molar-refractivity contribution < 1.29 is 38.9 Å². The molecule has 2 aromatic carbocycles. The zero-order chi connectivity index (χ0) is 28.1. The van der Waals surface area contributed by atoms with Crippen LogP contribution < -0.4 is 0 Å². The van der Waals surface area contributed by atoms with Crippen LogP contribution in [0.5, 0.6) is 0 Å². The number of aliphatic hydroxyl groups is 2. The van der Waals surface area contributed by atoms with E-state index in [1.165, 1.54) is 13.3 Å². The van der Waals surface area contributed by atoms with Gasteiger partial charge in [0.15, 0.2) is 12.4 Å². The Balaban J connectivity index is 0.000000268. The first-order valence-electron chi connectivity index (χ1n) is 12.8. The molecule has 9 heteroatoms. The fraction of sp³-hybridized carbons (Fsp3) is 0.483. The zero-order valence-electron chi connectivity index (χ0n) is 22.6. The average Bonchev–Trinajstić information content (AvgIpc) is 3.23. The lowest BCUT2D eigenvalue weighted by molar-refractivity contribution is -0.129. The van der Waals surface area contributed by atoms with Crippen molar-refractivity contribution in [2.45, 2.75) is 71.2 Å². The fourth-order valence-corrected chi connectivity index (χ4v) is 4.00. The third kappa shape index (κ3) is 8.93. The van der Waals surface area contributed by atoms with Crippen LogP contribution in [0.3, 0.4) is 0 Å². The Labute approximate surface area is 224 Å². The number of carbonyl (C=O) groups excluding carboxylic acids is 2. The monoisotopic (exact) mass is 529 g/mol.